The van der Waals surface area contributed by atoms with E-state index in [0.29, 0.717) is 24.6 Å². The lowest BCUT2D eigenvalue weighted by Crippen LogP contribution is -2.23. The van der Waals surface area contributed by atoms with Gasteiger partial charge in [0.2, 0.25) is 0 Å². The van der Waals surface area contributed by atoms with E-state index in [1.807, 2.05) is 4.90 Å². The van der Waals surface area contributed by atoms with E-state index in [4.69, 9.17) is 11.6 Å². The van der Waals surface area contributed by atoms with Crippen LogP contribution in [0.25, 0.3) is 0 Å². The predicted octanol–water partition coefficient (Wildman–Crippen LogP) is 4.29. The molecule has 1 atom stereocenters. The highest BCUT2D eigenvalue weighted by Crippen LogP contribution is 2.39. The Labute approximate surface area is 110 Å². The summed E-state index contributed by atoms with van der Waals surface area (Å²) in [6, 6.07) is 4.37. The highest BCUT2D eigenvalue weighted by Gasteiger charge is 2.36. The van der Waals surface area contributed by atoms with E-state index < -0.39 is 11.7 Å². The van der Waals surface area contributed by atoms with Crippen LogP contribution in [-0.4, -0.2) is 13.1 Å². The van der Waals surface area contributed by atoms with Gasteiger partial charge in [-0.1, -0.05) is 13.0 Å². The van der Waals surface area contributed by atoms with Gasteiger partial charge in [0, 0.05) is 24.7 Å². The lowest BCUT2D eigenvalue weighted by molar-refractivity contribution is -0.137. The zero-order valence-electron chi connectivity index (χ0n) is 10.1. The van der Waals surface area contributed by atoms with E-state index in [2.05, 4.69) is 6.92 Å². The monoisotopic (exact) mass is 277 g/mol. The molecule has 2 rings (SSSR count). The molecule has 1 nitrogen and oxygen atoms in total. The van der Waals surface area contributed by atoms with Crippen molar-refractivity contribution in [2.75, 3.05) is 18.0 Å². The Morgan fingerprint density at radius 1 is 1.39 bits per heavy atom. The third kappa shape index (κ3) is 2.74. The molecule has 1 aromatic carbocycles. The van der Waals surface area contributed by atoms with Crippen molar-refractivity contribution >= 4 is 17.3 Å². The van der Waals surface area contributed by atoms with Crippen molar-refractivity contribution in [1.82, 2.24) is 0 Å². The summed E-state index contributed by atoms with van der Waals surface area (Å²) in [6.07, 6.45) is -3.39. The normalized spacial score (nSPS) is 20.5. The molecule has 1 aliphatic heterocycles. The Kier molecular flexibility index (Phi) is 3.76. The number of rotatable bonds is 2. The first-order valence-electron chi connectivity index (χ1n) is 5.93. The first kappa shape index (κ1) is 13.5. The maximum atomic E-state index is 13.0. The second kappa shape index (κ2) is 5.00. The van der Waals surface area contributed by atoms with Gasteiger partial charge >= 0.3 is 6.18 Å². The summed E-state index contributed by atoms with van der Waals surface area (Å²) in [6.45, 7) is 3.42. The first-order valence-corrected chi connectivity index (χ1v) is 6.46. The van der Waals surface area contributed by atoms with Crippen LogP contribution in [0.3, 0.4) is 0 Å². The zero-order chi connectivity index (χ0) is 13.3. The van der Waals surface area contributed by atoms with Crippen LogP contribution in [0, 0.1) is 5.92 Å². The van der Waals surface area contributed by atoms with Crippen molar-refractivity contribution in [2.45, 2.75) is 25.4 Å². The third-order valence-electron chi connectivity index (χ3n) is 3.29. The van der Waals surface area contributed by atoms with Gasteiger partial charge in [0.15, 0.2) is 0 Å². The predicted molar refractivity (Wildman–Crippen MR) is 67.0 cm³/mol. The standard InChI is InChI=1S/C13H15ClF3N/c1-9-4-5-18(8-9)12-3-2-10(7-14)6-11(12)13(15,16)17/h2-3,6,9H,4-5,7-8H2,1H3. The lowest BCUT2D eigenvalue weighted by atomic mass is 10.1. The molecule has 0 spiro atoms. The molecule has 18 heavy (non-hydrogen) atoms. The van der Waals surface area contributed by atoms with Crippen molar-refractivity contribution in [3.63, 3.8) is 0 Å². The minimum atomic E-state index is -4.33. The zero-order valence-corrected chi connectivity index (χ0v) is 10.9. The molecule has 0 amide bonds. The van der Waals surface area contributed by atoms with Crippen molar-refractivity contribution in [3.8, 4) is 0 Å². The minimum Gasteiger partial charge on any atom is -0.371 e. The maximum absolute atomic E-state index is 13.0. The van der Waals surface area contributed by atoms with E-state index in [-0.39, 0.29) is 11.6 Å². The van der Waals surface area contributed by atoms with Gasteiger partial charge in [0.25, 0.3) is 0 Å². The molecule has 0 radical (unpaired) electrons. The number of halogens is 4. The van der Waals surface area contributed by atoms with Gasteiger partial charge in [-0.2, -0.15) is 13.2 Å². The third-order valence-corrected chi connectivity index (χ3v) is 3.59. The number of hydrogen-bond acceptors (Lipinski definition) is 1. The number of hydrogen-bond donors (Lipinski definition) is 0. The Hall–Kier alpha value is -0.900. The van der Waals surface area contributed by atoms with Crippen molar-refractivity contribution in [1.29, 1.82) is 0 Å². The summed E-state index contributed by atoms with van der Waals surface area (Å²) in [7, 11) is 0. The van der Waals surface area contributed by atoms with Gasteiger partial charge in [-0.05, 0) is 30.0 Å². The van der Waals surface area contributed by atoms with Crippen LogP contribution in [0.1, 0.15) is 24.5 Å². The topological polar surface area (TPSA) is 3.24 Å². The fourth-order valence-electron chi connectivity index (χ4n) is 2.32. The second-order valence-corrected chi connectivity index (χ2v) is 5.09. The Balaban J connectivity index is 2.40. The van der Waals surface area contributed by atoms with Gasteiger partial charge in [-0.15, -0.1) is 11.6 Å². The maximum Gasteiger partial charge on any atom is 0.418 e. The molecule has 0 N–H and O–H groups in total. The molecular weight excluding hydrogens is 263 g/mol. The molecule has 1 heterocycles. The molecule has 1 aliphatic rings. The number of benzene rings is 1. The average molecular weight is 278 g/mol. The van der Waals surface area contributed by atoms with Gasteiger partial charge in [-0.3, -0.25) is 0 Å². The number of anilines is 1. The number of nitrogens with zero attached hydrogens (tertiary/aromatic N) is 1. The van der Waals surface area contributed by atoms with E-state index in [0.717, 1.165) is 12.5 Å². The fourth-order valence-corrected chi connectivity index (χ4v) is 2.49. The Morgan fingerprint density at radius 2 is 2.11 bits per heavy atom. The quantitative estimate of drug-likeness (QED) is 0.729. The first-order chi connectivity index (χ1) is 8.41. The average Bonchev–Trinajstić information content (AvgIpc) is 2.74. The molecule has 1 saturated heterocycles. The van der Waals surface area contributed by atoms with Gasteiger partial charge in [0.05, 0.1) is 5.56 Å². The number of alkyl halides is 4. The summed E-state index contributed by atoms with van der Waals surface area (Å²) in [5.74, 6) is 0.540. The molecule has 0 saturated carbocycles. The SMILES string of the molecule is CC1CCN(c2ccc(CCl)cc2C(F)(F)F)C1. The molecule has 0 aromatic heterocycles. The van der Waals surface area contributed by atoms with Gasteiger partial charge in [0.1, 0.15) is 0 Å². The van der Waals surface area contributed by atoms with E-state index >= 15 is 0 Å². The van der Waals surface area contributed by atoms with Crippen molar-refractivity contribution in [3.05, 3.63) is 29.3 Å². The summed E-state index contributed by atoms with van der Waals surface area (Å²) in [5, 5.41) is 0. The van der Waals surface area contributed by atoms with Crippen LogP contribution in [-0.2, 0) is 12.1 Å². The van der Waals surface area contributed by atoms with Crippen LogP contribution in [0.2, 0.25) is 0 Å². The molecule has 0 bridgehead atoms. The second-order valence-electron chi connectivity index (χ2n) is 4.82. The van der Waals surface area contributed by atoms with Crippen LogP contribution >= 0.6 is 11.6 Å². The smallest absolute Gasteiger partial charge is 0.371 e. The van der Waals surface area contributed by atoms with Crippen LogP contribution in [0.5, 0.6) is 0 Å². The van der Waals surface area contributed by atoms with Gasteiger partial charge < -0.3 is 4.90 Å². The van der Waals surface area contributed by atoms with Crippen LogP contribution in [0.4, 0.5) is 18.9 Å². The molecule has 0 aliphatic carbocycles. The highest BCUT2D eigenvalue weighted by atomic mass is 35.5. The molecule has 100 valence electrons. The van der Waals surface area contributed by atoms with Crippen molar-refractivity contribution < 1.29 is 13.2 Å². The van der Waals surface area contributed by atoms with Crippen LogP contribution < -0.4 is 4.90 Å². The molecule has 5 heteroatoms. The summed E-state index contributed by atoms with van der Waals surface area (Å²) >= 11 is 5.60. The molecule has 1 unspecified atom stereocenters. The van der Waals surface area contributed by atoms with E-state index in [1.165, 1.54) is 0 Å². The summed E-state index contributed by atoms with van der Waals surface area (Å²) < 4.78 is 39.1. The van der Waals surface area contributed by atoms with Crippen LogP contribution in [0.15, 0.2) is 18.2 Å². The van der Waals surface area contributed by atoms with Gasteiger partial charge in [-0.25, -0.2) is 0 Å². The Bertz CT molecular complexity index is 431. The fraction of sp³-hybridized carbons (Fsp3) is 0.538. The molecule has 1 fully saturated rings. The highest BCUT2D eigenvalue weighted by molar-refractivity contribution is 6.17. The molecular formula is C13H15ClF3N. The largest absolute Gasteiger partial charge is 0.418 e. The van der Waals surface area contributed by atoms with E-state index in [9.17, 15) is 13.2 Å². The summed E-state index contributed by atoms with van der Waals surface area (Å²) in [4.78, 5) is 1.81. The van der Waals surface area contributed by atoms with E-state index in [1.54, 1.807) is 12.1 Å². The van der Waals surface area contributed by atoms with Crippen molar-refractivity contribution in [2.24, 2.45) is 5.92 Å². The lowest BCUT2D eigenvalue weighted by Gasteiger charge is -2.23. The minimum absolute atomic E-state index is 0.0970. The molecule has 1 aromatic rings. The Morgan fingerprint density at radius 3 is 2.61 bits per heavy atom. The summed E-state index contributed by atoms with van der Waals surface area (Å²) in [5.41, 5.74) is 0.204.